The fourth-order valence-corrected chi connectivity index (χ4v) is 7.85. The summed E-state index contributed by atoms with van der Waals surface area (Å²) >= 11 is 1.58. The van der Waals surface area contributed by atoms with Crippen LogP contribution in [-0.4, -0.2) is 110 Å². The van der Waals surface area contributed by atoms with Crippen LogP contribution in [0.2, 0.25) is 0 Å². The van der Waals surface area contributed by atoms with E-state index in [0.29, 0.717) is 43.1 Å². The molecule has 0 aliphatic carbocycles. The molecule has 6 N–H and O–H groups in total. The third-order valence-electron chi connectivity index (χ3n) is 10.1. The lowest BCUT2D eigenvalue weighted by molar-refractivity contribution is -0.144. The molecule has 2 aliphatic heterocycles. The second-order valence-electron chi connectivity index (χ2n) is 15.2. The molecular weight excluding hydrogens is 742 g/mol. The normalized spacial score (nSPS) is 18.7. The van der Waals surface area contributed by atoms with Crippen LogP contribution in [0.3, 0.4) is 0 Å². The Morgan fingerprint density at radius 1 is 1.02 bits per heavy atom. The molecule has 2 aliphatic rings. The fraction of sp³-hybridized carbons (Fsp3) is 0.436. The van der Waals surface area contributed by atoms with E-state index < -0.39 is 29.5 Å². The summed E-state index contributed by atoms with van der Waals surface area (Å²) in [5.41, 5.74) is 12.0. The third-order valence-corrected chi connectivity index (χ3v) is 11.1. The Morgan fingerprint density at radius 2 is 1.71 bits per heavy atom. The minimum Gasteiger partial charge on any atom is -0.507 e. The predicted molar refractivity (Wildman–Crippen MR) is 216 cm³/mol. The molecule has 2 fully saturated rings. The van der Waals surface area contributed by atoms with Gasteiger partial charge in [0.25, 0.3) is 0 Å². The lowest BCUT2D eigenvalue weighted by Crippen LogP contribution is -2.59. The number of likely N-dealkylation sites (tertiary alicyclic amines) is 1. The van der Waals surface area contributed by atoms with Gasteiger partial charge in [0, 0.05) is 44.7 Å². The highest BCUT2D eigenvalue weighted by Crippen LogP contribution is 2.32. The number of amides is 3. The molecule has 4 atom stereocenters. The molecule has 2 saturated heterocycles. The summed E-state index contributed by atoms with van der Waals surface area (Å²) in [6.07, 6.45) is -0.761. The average molecular weight is 792 g/mol. The highest BCUT2D eigenvalue weighted by Gasteiger charge is 2.45. The smallest absolute Gasteiger partial charge is 0.246 e. The molecule has 0 bridgehead atoms. The SMILES string of the molecule is Cc1ncsc1-c1ccc(C(C)NC(=O)[C@@H]2C[C@@H](O)CN2C(=O)C(NC(=O)CN2CCN(c3cc(-c4ccccc4O)nnc3N)CC2)C(C)(C)C)cc1.Cl. The van der Waals surface area contributed by atoms with Crippen LogP contribution in [0, 0.1) is 12.3 Å². The van der Waals surface area contributed by atoms with E-state index >= 15 is 0 Å². The highest BCUT2D eigenvalue weighted by atomic mass is 35.5. The van der Waals surface area contributed by atoms with Gasteiger partial charge in [-0.05, 0) is 48.6 Å². The van der Waals surface area contributed by atoms with Gasteiger partial charge in [-0.1, -0.05) is 57.2 Å². The van der Waals surface area contributed by atoms with Crippen molar-refractivity contribution in [3.05, 3.63) is 71.4 Å². The number of aliphatic hydroxyl groups excluding tert-OH is 1. The molecule has 0 spiro atoms. The number of β-amino-alcohol motifs (C(OH)–C–C–N with tert-alkyl or cyclic N) is 1. The minimum absolute atomic E-state index is 0. The van der Waals surface area contributed by atoms with Crippen LogP contribution >= 0.6 is 23.7 Å². The average Bonchev–Trinajstić information content (AvgIpc) is 3.76. The van der Waals surface area contributed by atoms with Crippen LogP contribution in [-0.2, 0) is 14.4 Å². The van der Waals surface area contributed by atoms with Gasteiger partial charge in [-0.2, -0.15) is 0 Å². The number of phenolic OH excluding ortho intramolecular Hbond substituents is 1. The molecule has 3 amide bonds. The Labute approximate surface area is 331 Å². The van der Waals surface area contributed by atoms with E-state index in [0.717, 1.165) is 21.7 Å². The topological polar surface area (TPSA) is 190 Å². The molecule has 4 aromatic rings. The number of aryl methyl sites for hydroxylation is 1. The molecule has 55 heavy (non-hydrogen) atoms. The number of rotatable bonds is 10. The molecule has 14 nitrogen and oxygen atoms in total. The van der Waals surface area contributed by atoms with E-state index in [-0.39, 0.29) is 61.3 Å². The zero-order chi connectivity index (χ0) is 38.7. The van der Waals surface area contributed by atoms with Crippen molar-refractivity contribution in [3.8, 4) is 27.4 Å². The number of nitrogens with two attached hydrogens (primary N) is 1. The lowest BCUT2D eigenvalue weighted by atomic mass is 9.85. The largest absolute Gasteiger partial charge is 0.507 e. The van der Waals surface area contributed by atoms with Gasteiger partial charge >= 0.3 is 0 Å². The number of hydrogen-bond acceptors (Lipinski definition) is 12. The number of nitrogens with one attached hydrogen (secondary N) is 2. The zero-order valence-corrected chi connectivity index (χ0v) is 33.4. The summed E-state index contributed by atoms with van der Waals surface area (Å²) in [7, 11) is 0. The summed E-state index contributed by atoms with van der Waals surface area (Å²) in [4.78, 5) is 52.2. The molecule has 0 saturated carbocycles. The highest BCUT2D eigenvalue weighted by molar-refractivity contribution is 7.13. The Bertz CT molecular complexity index is 1980. The van der Waals surface area contributed by atoms with Gasteiger partial charge < -0.3 is 36.4 Å². The maximum atomic E-state index is 14.2. The van der Waals surface area contributed by atoms with E-state index in [4.69, 9.17) is 5.73 Å². The number of aliphatic hydroxyl groups is 1. The number of piperazine rings is 1. The lowest BCUT2D eigenvalue weighted by Gasteiger charge is -2.38. The minimum atomic E-state index is -0.928. The van der Waals surface area contributed by atoms with E-state index in [9.17, 15) is 24.6 Å². The number of carbonyl (C=O) groups is 3. The summed E-state index contributed by atoms with van der Waals surface area (Å²) < 4.78 is 0. The quantitative estimate of drug-likeness (QED) is 0.157. The van der Waals surface area contributed by atoms with E-state index in [1.165, 1.54) is 4.90 Å². The van der Waals surface area contributed by atoms with Crippen LogP contribution in [0.5, 0.6) is 5.75 Å². The monoisotopic (exact) mass is 791 g/mol. The van der Waals surface area contributed by atoms with Crippen molar-refractivity contribution in [2.45, 2.75) is 65.3 Å². The summed E-state index contributed by atoms with van der Waals surface area (Å²) in [6.45, 7) is 11.8. The van der Waals surface area contributed by atoms with Crippen molar-refractivity contribution in [2.24, 2.45) is 5.41 Å². The predicted octanol–water partition coefficient (Wildman–Crippen LogP) is 3.78. The Morgan fingerprint density at radius 3 is 2.35 bits per heavy atom. The van der Waals surface area contributed by atoms with Gasteiger partial charge in [0.05, 0.1) is 46.2 Å². The fourth-order valence-electron chi connectivity index (χ4n) is 7.04. The number of halogens is 1. The molecule has 2 aromatic carbocycles. The molecule has 6 rings (SSSR count). The van der Waals surface area contributed by atoms with Gasteiger partial charge in [0.2, 0.25) is 17.7 Å². The Balaban J connectivity index is 0.00000580. The van der Waals surface area contributed by atoms with E-state index in [1.807, 2.05) is 81.4 Å². The number of aromatic hydroxyl groups is 1. The van der Waals surface area contributed by atoms with Gasteiger partial charge in [-0.3, -0.25) is 19.3 Å². The zero-order valence-electron chi connectivity index (χ0n) is 31.7. The number of carbonyl (C=O) groups excluding carboxylic acids is 3. The van der Waals surface area contributed by atoms with Crippen molar-refractivity contribution >= 4 is 53.0 Å². The number of phenols is 1. The maximum absolute atomic E-state index is 14.2. The second kappa shape index (κ2) is 17.3. The molecule has 4 heterocycles. The summed E-state index contributed by atoms with van der Waals surface area (Å²) in [6, 6.07) is 14.5. The summed E-state index contributed by atoms with van der Waals surface area (Å²) in [5.74, 6) is -0.702. The molecule has 294 valence electrons. The first-order chi connectivity index (χ1) is 25.7. The number of anilines is 2. The molecule has 2 unspecified atom stereocenters. The van der Waals surface area contributed by atoms with Crippen molar-refractivity contribution < 1.29 is 24.6 Å². The number of hydrogen-bond donors (Lipinski definition) is 5. The number of thiazole rings is 1. The van der Waals surface area contributed by atoms with Crippen LogP contribution < -0.4 is 21.3 Å². The van der Waals surface area contributed by atoms with Gasteiger partial charge in [-0.15, -0.1) is 33.9 Å². The van der Waals surface area contributed by atoms with Crippen LogP contribution in [0.1, 0.15) is 51.4 Å². The first-order valence-electron chi connectivity index (χ1n) is 18.2. The van der Waals surface area contributed by atoms with E-state index in [2.05, 4.69) is 30.7 Å². The van der Waals surface area contributed by atoms with Gasteiger partial charge in [-0.25, -0.2) is 4.98 Å². The maximum Gasteiger partial charge on any atom is 0.246 e. The van der Waals surface area contributed by atoms with Crippen molar-refractivity contribution in [1.29, 1.82) is 0 Å². The third kappa shape index (κ3) is 9.53. The molecular formula is C39H50ClN9O5S. The Kier molecular flexibility index (Phi) is 13.0. The number of aromatic nitrogens is 3. The molecule has 16 heteroatoms. The molecule has 2 aromatic heterocycles. The van der Waals surface area contributed by atoms with Crippen molar-refractivity contribution in [1.82, 2.24) is 35.6 Å². The number of para-hydroxylation sites is 1. The van der Waals surface area contributed by atoms with E-state index in [1.54, 1.807) is 29.5 Å². The van der Waals surface area contributed by atoms with Crippen LogP contribution in [0.4, 0.5) is 11.5 Å². The van der Waals surface area contributed by atoms with Gasteiger partial charge in [0.15, 0.2) is 5.82 Å². The molecule has 0 radical (unpaired) electrons. The Hall–Kier alpha value is -4.83. The van der Waals surface area contributed by atoms with Crippen LogP contribution in [0.15, 0.2) is 60.1 Å². The number of benzene rings is 2. The standard InChI is InChI=1S/C39H49N9O5S.ClH/c1-23(25-10-12-26(13-11-25)34-24(2)41-22-54-34)42-37(52)31-18-27(49)20-48(31)38(53)35(39(3,4)5)43-33(51)21-46-14-16-47(17-15-46)30-19-29(44-45-36(30)40)28-8-6-7-9-32(28)50;/h6-13,19,22-23,27,31,35,49-50H,14-18,20-21H2,1-5H3,(H2,40,45)(H,42,52)(H,43,51);1H/t23?,27-,31+,35?;/m1./s1. The number of nitrogens with zero attached hydrogens (tertiary/aromatic N) is 6. The van der Waals surface area contributed by atoms with Gasteiger partial charge in [0.1, 0.15) is 17.8 Å². The first-order valence-corrected chi connectivity index (χ1v) is 19.0. The number of nitrogen functional groups attached to an aromatic ring is 1. The summed E-state index contributed by atoms with van der Waals surface area (Å²) in [5, 5.41) is 35.2. The van der Waals surface area contributed by atoms with Crippen molar-refractivity contribution in [2.75, 3.05) is 49.9 Å². The van der Waals surface area contributed by atoms with Crippen LogP contribution in [0.25, 0.3) is 21.7 Å². The van der Waals surface area contributed by atoms with Crippen molar-refractivity contribution in [3.63, 3.8) is 0 Å². The second-order valence-corrected chi connectivity index (χ2v) is 16.0. The first kappa shape index (κ1) is 41.3.